The summed E-state index contributed by atoms with van der Waals surface area (Å²) in [5.74, 6) is 0.979. The first-order valence-electron chi connectivity index (χ1n) is 5.37. The van der Waals surface area contributed by atoms with E-state index in [1.54, 1.807) is 12.5 Å². The number of hydrogen-bond acceptors (Lipinski definition) is 3. The molecule has 2 nitrogen and oxygen atoms in total. The summed E-state index contributed by atoms with van der Waals surface area (Å²) in [5.41, 5.74) is 1.19. The number of thioether (sulfide) groups is 1. The molecule has 0 aliphatic carbocycles. The SMILES string of the molecule is CNC(CSc1cccc(Br)c1)c1ccoc1. The molecule has 0 fully saturated rings. The lowest BCUT2D eigenvalue weighted by atomic mass is 10.2. The van der Waals surface area contributed by atoms with Gasteiger partial charge in [-0.15, -0.1) is 11.8 Å². The Kier molecular flexibility index (Phi) is 4.71. The molecule has 0 spiro atoms. The number of halogens is 1. The molecule has 0 radical (unpaired) electrons. The molecule has 4 heteroatoms. The minimum atomic E-state index is 0.317. The number of nitrogens with one attached hydrogen (secondary N) is 1. The van der Waals surface area contributed by atoms with Gasteiger partial charge < -0.3 is 9.73 Å². The van der Waals surface area contributed by atoms with E-state index in [0.29, 0.717) is 6.04 Å². The molecule has 1 unspecified atom stereocenters. The fourth-order valence-electron chi connectivity index (χ4n) is 1.56. The maximum Gasteiger partial charge on any atom is 0.0950 e. The van der Waals surface area contributed by atoms with Gasteiger partial charge in [0.25, 0.3) is 0 Å². The molecule has 0 aliphatic heterocycles. The predicted molar refractivity (Wildman–Crippen MR) is 75.4 cm³/mol. The van der Waals surface area contributed by atoms with Gasteiger partial charge in [-0.3, -0.25) is 0 Å². The fourth-order valence-corrected chi connectivity index (χ4v) is 3.21. The largest absolute Gasteiger partial charge is 0.472 e. The van der Waals surface area contributed by atoms with Crippen LogP contribution in [-0.4, -0.2) is 12.8 Å². The Labute approximate surface area is 114 Å². The summed E-state index contributed by atoms with van der Waals surface area (Å²) in [6.07, 6.45) is 3.51. The van der Waals surface area contributed by atoms with Crippen LogP contribution in [0.4, 0.5) is 0 Å². The third-order valence-electron chi connectivity index (χ3n) is 2.51. The van der Waals surface area contributed by atoms with Crippen molar-refractivity contribution in [1.29, 1.82) is 0 Å². The Balaban J connectivity index is 1.97. The van der Waals surface area contributed by atoms with Gasteiger partial charge in [0.05, 0.1) is 12.5 Å². The van der Waals surface area contributed by atoms with Gasteiger partial charge in [0.1, 0.15) is 0 Å². The second-order valence-corrected chi connectivity index (χ2v) is 5.68. The summed E-state index contributed by atoms with van der Waals surface area (Å²) in [5, 5.41) is 3.30. The normalized spacial score (nSPS) is 12.6. The highest BCUT2D eigenvalue weighted by atomic mass is 79.9. The molecule has 1 heterocycles. The molecule has 1 aromatic carbocycles. The van der Waals surface area contributed by atoms with Crippen LogP contribution >= 0.6 is 27.7 Å². The third-order valence-corrected chi connectivity index (χ3v) is 4.09. The van der Waals surface area contributed by atoms with Crippen LogP contribution in [0, 0.1) is 0 Å². The number of furan rings is 1. The van der Waals surface area contributed by atoms with E-state index in [1.165, 1.54) is 10.5 Å². The number of hydrogen-bond donors (Lipinski definition) is 1. The van der Waals surface area contributed by atoms with E-state index in [4.69, 9.17) is 4.42 Å². The molecule has 2 aromatic rings. The number of benzene rings is 1. The average Bonchev–Trinajstić information content (AvgIpc) is 2.84. The Morgan fingerprint density at radius 3 is 2.94 bits per heavy atom. The Morgan fingerprint density at radius 1 is 1.41 bits per heavy atom. The molecule has 0 amide bonds. The molecule has 0 saturated carbocycles. The highest BCUT2D eigenvalue weighted by Crippen LogP contribution is 2.26. The van der Waals surface area contributed by atoms with E-state index in [9.17, 15) is 0 Å². The van der Waals surface area contributed by atoms with Crippen molar-refractivity contribution in [1.82, 2.24) is 5.32 Å². The van der Waals surface area contributed by atoms with Crippen LogP contribution in [0.2, 0.25) is 0 Å². The van der Waals surface area contributed by atoms with E-state index in [2.05, 4.69) is 39.4 Å². The lowest BCUT2D eigenvalue weighted by molar-refractivity contribution is 0.555. The first-order valence-corrected chi connectivity index (χ1v) is 7.15. The van der Waals surface area contributed by atoms with E-state index in [-0.39, 0.29) is 0 Å². The lowest BCUT2D eigenvalue weighted by Crippen LogP contribution is -2.17. The van der Waals surface area contributed by atoms with Crippen LogP contribution in [0.15, 0.2) is 56.6 Å². The maximum absolute atomic E-state index is 5.11. The van der Waals surface area contributed by atoms with Crippen LogP contribution in [0.5, 0.6) is 0 Å². The molecular weight excluding hydrogens is 298 g/mol. The van der Waals surface area contributed by atoms with Crippen molar-refractivity contribution in [3.05, 3.63) is 52.9 Å². The van der Waals surface area contributed by atoms with Crippen molar-refractivity contribution in [3.8, 4) is 0 Å². The first-order chi connectivity index (χ1) is 8.29. The zero-order valence-electron chi connectivity index (χ0n) is 9.52. The Bertz CT molecular complexity index is 458. The van der Waals surface area contributed by atoms with Gasteiger partial charge in [-0.25, -0.2) is 0 Å². The van der Waals surface area contributed by atoms with Crippen LogP contribution in [0.25, 0.3) is 0 Å². The molecule has 90 valence electrons. The minimum Gasteiger partial charge on any atom is -0.472 e. The monoisotopic (exact) mass is 311 g/mol. The van der Waals surface area contributed by atoms with Gasteiger partial charge >= 0.3 is 0 Å². The molecular formula is C13H14BrNOS. The average molecular weight is 312 g/mol. The summed E-state index contributed by atoms with van der Waals surface area (Å²) in [7, 11) is 1.97. The second kappa shape index (κ2) is 6.28. The molecule has 0 aliphatic rings. The van der Waals surface area contributed by atoms with E-state index in [1.807, 2.05) is 30.9 Å². The zero-order chi connectivity index (χ0) is 12.1. The van der Waals surface area contributed by atoms with Crippen molar-refractivity contribution < 1.29 is 4.42 Å². The first kappa shape index (κ1) is 12.7. The highest BCUT2D eigenvalue weighted by Gasteiger charge is 2.10. The van der Waals surface area contributed by atoms with Crippen molar-refractivity contribution in [2.75, 3.05) is 12.8 Å². The summed E-state index contributed by atoms with van der Waals surface area (Å²) in [4.78, 5) is 1.27. The van der Waals surface area contributed by atoms with Crippen LogP contribution in [-0.2, 0) is 0 Å². The van der Waals surface area contributed by atoms with E-state index >= 15 is 0 Å². The minimum absolute atomic E-state index is 0.317. The third kappa shape index (κ3) is 3.63. The van der Waals surface area contributed by atoms with Gasteiger partial charge in [0, 0.05) is 26.7 Å². The van der Waals surface area contributed by atoms with Crippen LogP contribution in [0.1, 0.15) is 11.6 Å². The summed E-state index contributed by atoms with van der Waals surface area (Å²) < 4.78 is 6.23. The van der Waals surface area contributed by atoms with Gasteiger partial charge in [0.15, 0.2) is 0 Å². The fraction of sp³-hybridized carbons (Fsp3) is 0.231. The summed E-state index contributed by atoms with van der Waals surface area (Å²) in [6.45, 7) is 0. The Morgan fingerprint density at radius 2 is 2.29 bits per heavy atom. The molecule has 1 aromatic heterocycles. The van der Waals surface area contributed by atoms with Crippen LogP contribution < -0.4 is 5.32 Å². The second-order valence-electron chi connectivity index (χ2n) is 3.67. The quantitative estimate of drug-likeness (QED) is 0.842. The van der Waals surface area contributed by atoms with Gasteiger partial charge in [-0.1, -0.05) is 22.0 Å². The highest BCUT2D eigenvalue weighted by molar-refractivity contribution is 9.10. The molecule has 0 bridgehead atoms. The van der Waals surface area contributed by atoms with E-state index < -0.39 is 0 Å². The molecule has 1 atom stereocenters. The predicted octanol–water partition coefficient (Wildman–Crippen LogP) is 4.09. The van der Waals surface area contributed by atoms with Crippen molar-refractivity contribution in [2.24, 2.45) is 0 Å². The molecule has 2 rings (SSSR count). The summed E-state index contributed by atoms with van der Waals surface area (Å²) in [6, 6.07) is 10.7. The molecule has 1 N–H and O–H groups in total. The van der Waals surface area contributed by atoms with Gasteiger partial charge in [-0.05, 0) is 31.3 Å². The maximum atomic E-state index is 5.11. The molecule has 17 heavy (non-hydrogen) atoms. The lowest BCUT2D eigenvalue weighted by Gasteiger charge is -2.13. The van der Waals surface area contributed by atoms with E-state index in [0.717, 1.165) is 10.2 Å². The Hall–Kier alpha value is -0.710. The van der Waals surface area contributed by atoms with Crippen LogP contribution in [0.3, 0.4) is 0 Å². The topological polar surface area (TPSA) is 25.2 Å². The summed E-state index contributed by atoms with van der Waals surface area (Å²) >= 11 is 5.31. The van der Waals surface area contributed by atoms with Crippen molar-refractivity contribution >= 4 is 27.7 Å². The molecule has 0 saturated heterocycles. The standard InChI is InChI=1S/C13H14BrNOS/c1-15-13(10-5-6-16-8-10)9-17-12-4-2-3-11(14)7-12/h2-8,13,15H,9H2,1H3. The number of rotatable bonds is 5. The van der Waals surface area contributed by atoms with Crippen molar-refractivity contribution in [3.63, 3.8) is 0 Å². The smallest absolute Gasteiger partial charge is 0.0950 e. The van der Waals surface area contributed by atoms with Gasteiger partial charge in [-0.2, -0.15) is 0 Å². The zero-order valence-corrected chi connectivity index (χ0v) is 11.9. The van der Waals surface area contributed by atoms with Gasteiger partial charge in [0.2, 0.25) is 0 Å². The van der Waals surface area contributed by atoms with Crippen molar-refractivity contribution in [2.45, 2.75) is 10.9 Å².